The molecule has 0 heterocycles. The fourth-order valence-electron chi connectivity index (χ4n) is 2.36. The first-order valence-electron chi connectivity index (χ1n) is 6.86. The standard InChI is InChI=1S/C15H21NO2S/c1-3-4-10-16(11-8-9-11)12-6-5-7-13(19-2)14(12)15(17)18/h5-7,11H,3-4,8-10H2,1-2H3,(H,17,18). The van der Waals surface area contributed by atoms with Crippen LogP contribution >= 0.6 is 11.8 Å². The lowest BCUT2D eigenvalue weighted by atomic mass is 10.1. The Bertz CT molecular complexity index is 457. The highest BCUT2D eigenvalue weighted by Crippen LogP contribution is 2.37. The molecule has 1 aromatic rings. The lowest BCUT2D eigenvalue weighted by molar-refractivity contribution is 0.0694. The minimum absolute atomic E-state index is 0.470. The first-order valence-corrected chi connectivity index (χ1v) is 8.08. The Hall–Kier alpha value is -1.16. The van der Waals surface area contributed by atoms with Gasteiger partial charge in [-0.3, -0.25) is 0 Å². The molecule has 0 aliphatic heterocycles. The van der Waals surface area contributed by atoms with Gasteiger partial charge in [-0.05, 0) is 37.7 Å². The van der Waals surface area contributed by atoms with Crippen LogP contribution in [0.5, 0.6) is 0 Å². The lowest BCUT2D eigenvalue weighted by Gasteiger charge is -2.27. The van der Waals surface area contributed by atoms with E-state index in [0.717, 1.165) is 30.0 Å². The summed E-state index contributed by atoms with van der Waals surface area (Å²) in [5.41, 5.74) is 1.37. The zero-order chi connectivity index (χ0) is 13.8. The molecule has 2 rings (SSSR count). The van der Waals surface area contributed by atoms with Crippen molar-refractivity contribution in [3.05, 3.63) is 23.8 Å². The summed E-state index contributed by atoms with van der Waals surface area (Å²) in [6.45, 7) is 3.13. The van der Waals surface area contributed by atoms with Crippen LogP contribution in [0.3, 0.4) is 0 Å². The maximum absolute atomic E-state index is 11.6. The summed E-state index contributed by atoms with van der Waals surface area (Å²) in [4.78, 5) is 14.7. The van der Waals surface area contributed by atoms with Crippen molar-refractivity contribution in [1.82, 2.24) is 0 Å². The minimum Gasteiger partial charge on any atom is -0.478 e. The Morgan fingerprint density at radius 2 is 2.21 bits per heavy atom. The van der Waals surface area contributed by atoms with E-state index in [0.29, 0.717) is 11.6 Å². The van der Waals surface area contributed by atoms with Crippen LogP contribution in [-0.2, 0) is 0 Å². The van der Waals surface area contributed by atoms with Crippen molar-refractivity contribution in [3.63, 3.8) is 0 Å². The van der Waals surface area contributed by atoms with E-state index in [4.69, 9.17) is 0 Å². The van der Waals surface area contributed by atoms with Crippen molar-refractivity contribution in [2.24, 2.45) is 0 Å². The molecule has 0 unspecified atom stereocenters. The number of rotatable bonds is 7. The average Bonchev–Trinajstić information content (AvgIpc) is 3.23. The quantitative estimate of drug-likeness (QED) is 0.769. The number of hydrogen-bond acceptors (Lipinski definition) is 3. The number of aromatic carboxylic acids is 1. The van der Waals surface area contributed by atoms with E-state index in [1.165, 1.54) is 24.6 Å². The number of carboxylic acid groups (broad SMARTS) is 1. The Morgan fingerprint density at radius 1 is 1.47 bits per heavy atom. The van der Waals surface area contributed by atoms with Crippen LogP contribution in [0.15, 0.2) is 23.1 Å². The van der Waals surface area contributed by atoms with Crippen LogP contribution in [0.4, 0.5) is 5.69 Å². The Morgan fingerprint density at radius 3 is 2.74 bits per heavy atom. The number of nitrogens with zero attached hydrogens (tertiary/aromatic N) is 1. The molecule has 0 saturated heterocycles. The minimum atomic E-state index is -0.818. The highest BCUT2D eigenvalue weighted by atomic mass is 32.2. The molecule has 104 valence electrons. The molecular weight excluding hydrogens is 258 g/mol. The summed E-state index contributed by atoms with van der Waals surface area (Å²) in [6, 6.07) is 6.36. The lowest BCUT2D eigenvalue weighted by Crippen LogP contribution is -2.28. The van der Waals surface area contributed by atoms with Crippen LogP contribution in [0.2, 0.25) is 0 Å². The van der Waals surface area contributed by atoms with E-state index < -0.39 is 5.97 Å². The van der Waals surface area contributed by atoms with Crippen molar-refractivity contribution in [1.29, 1.82) is 0 Å². The molecule has 1 aliphatic rings. The third kappa shape index (κ3) is 3.24. The number of benzene rings is 1. The van der Waals surface area contributed by atoms with Gasteiger partial charge in [0.15, 0.2) is 0 Å². The van der Waals surface area contributed by atoms with Gasteiger partial charge in [-0.1, -0.05) is 19.4 Å². The topological polar surface area (TPSA) is 40.5 Å². The van der Waals surface area contributed by atoms with Gasteiger partial charge in [0.2, 0.25) is 0 Å². The van der Waals surface area contributed by atoms with Gasteiger partial charge in [-0.15, -0.1) is 11.8 Å². The van der Waals surface area contributed by atoms with Gasteiger partial charge < -0.3 is 10.0 Å². The molecule has 1 fully saturated rings. The second-order valence-electron chi connectivity index (χ2n) is 4.94. The molecular formula is C15H21NO2S. The molecule has 1 saturated carbocycles. The predicted molar refractivity (Wildman–Crippen MR) is 80.5 cm³/mol. The molecule has 0 aromatic heterocycles. The SMILES string of the molecule is CCCCN(c1cccc(SC)c1C(=O)O)C1CC1. The third-order valence-corrected chi connectivity index (χ3v) is 4.27. The average molecular weight is 279 g/mol. The van der Waals surface area contributed by atoms with Gasteiger partial charge in [0.1, 0.15) is 0 Å². The summed E-state index contributed by atoms with van der Waals surface area (Å²) in [7, 11) is 0. The first-order chi connectivity index (χ1) is 9.19. The van der Waals surface area contributed by atoms with E-state index in [9.17, 15) is 9.90 Å². The molecule has 1 aliphatic carbocycles. The van der Waals surface area contributed by atoms with Gasteiger partial charge in [0.25, 0.3) is 0 Å². The molecule has 0 amide bonds. The van der Waals surface area contributed by atoms with Crippen molar-refractivity contribution in [3.8, 4) is 0 Å². The number of hydrogen-bond donors (Lipinski definition) is 1. The zero-order valence-electron chi connectivity index (χ0n) is 11.6. The normalized spacial score (nSPS) is 14.4. The molecule has 1 aromatic carbocycles. The van der Waals surface area contributed by atoms with E-state index in [2.05, 4.69) is 11.8 Å². The van der Waals surface area contributed by atoms with E-state index in [-0.39, 0.29) is 0 Å². The van der Waals surface area contributed by atoms with Crippen LogP contribution < -0.4 is 4.90 Å². The molecule has 0 atom stereocenters. The van der Waals surface area contributed by atoms with Gasteiger partial charge >= 0.3 is 5.97 Å². The maximum Gasteiger partial charge on any atom is 0.338 e. The molecule has 3 nitrogen and oxygen atoms in total. The van der Waals surface area contributed by atoms with Crippen LogP contribution in [-0.4, -0.2) is 29.9 Å². The zero-order valence-corrected chi connectivity index (χ0v) is 12.4. The molecule has 0 bridgehead atoms. The van der Waals surface area contributed by atoms with E-state index in [1.807, 2.05) is 24.5 Å². The summed E-state index contributed by atoms with van der Waals surface area (Å²) in [5.74, 6) is -0.818. The molecule has 0 spiro atoms. The Balaban J connectivity index is 2.37. The molecule has 4 heteroatoms. The summed E-state index contributed by atoms with van der Waals surface area (Å²) in [6.07, 6.45) is 6.55. The van der Waals surface area contributed by atoms with Gasteiger partial charge in [0, 0.05) is 17.5 Å². The summed E-state index contributed by atoms with van der Waals surface area (Å²) >= 11 is 1.50. The molecule has 0 radical (unpaired) electrons. The number of thioether (sulfide) groups is 1. The van der Waals surface area contributed by atoms with Crippen LogP contribution in [0.1, 0.15) is 43.0 Å². The highest BCUT2D eigenvalue weighted by Gasteiger charge is 2.31. The van der Waals surface area contributed by atoms with Crippen molar-refractivity contribution in [2.45, 2.75) is 43.5 Å². The fourth-order valence-corrected chi connectivity index (χ4v) is 2.97. The van der Waals surface area contributed by atoms with Crippen LogP contribution in [0, 0.1) is 0 Å². The number of carboxylic acids is 1. The smallest absolute Gasteiger partial charge is 0.338 e. The number of carbonyl (C=O) groups is 1. The fraction of sp³-hybridized carbons (Fsp3) is 0.533. The van der Waals surface area contributed by atoms with Crippen LogP contribution in [0.25, 0.3) is 0 Å². The maximum atomic E-state index is 11.6. The second kappa shape index (κ2) is 6.33. The first kappa shape index (κ1) is 14.3. The van der Waals surface area contributed by atoms with Crippen molar-refractivity contribution in [2.75, 3.05) is 17.7 Å². The second-order valence-corrected chi connectivity index (χ2v) is 5.79. The summed E-state index contributed by atoms with van der Waals surface area (Å²) < 4.78 is 0. The summed E-state index contributed by atoms with van der Waals surface area (Å²) in [5, 5.41) is 9.51. The Labute approximate surface area is 119 Å². The van der Waals surface area contributed by atoms with Gasteiger partial charge in [0.05, 0.1) is 11.3 Å². The van der Waals surface area contributed by atoms with Crippen molar-refractivity contribution >= 4 is 23.4 Å². The number of unbranched alkanes of at least 4 members (excludes halogenated alkanes) is 1. The Kier molecular flexibility index (Phi) is 4.75. The van der Waals surface area contributed by atoms with E-state index in [1.54, 1.807) is 0 Å². The number of anilines is 1. The van der Waals surface area contributed by atoms with Gasteiger partial charge in [-0.2, -0.15) is 0 Å². The van der Waals surface area contributed by atoms with E-state index >= 15 is 0 Å². The van der Waals surface area contributed by atoms with Gasteiger partial charge in [-0.25, -0.2) is 4.79 Å². The predicted octanol–water partition coefficient (Wildman–Crippen LogP) is 3.88. The molecule has 19 heavy (non-hydrogen) atoms. The molecule has 1 N–H and O–H groups in total. The largest absolute Gasteiger partial charge is 0.478 e. The monoisotopic (exact) mass is 279 g/mol. The van der Waals surface area contributed by atoms with Crippen molar-refractivity contribution < 1.29 is 9.90 Å². The highest BCUT2D eigenvalue weighted by molar-refractivity contribution is 7.98. The third-order valence-electron chi connectivity index (χ3n) is 3.49.